The Morgan fingerprint density at radius 1 is 1.40 bits per heavy atom. The zero-order valence-electron chi connectivity index (χ0n) is 11.7. The van der Waals surface area contributed by atoms with Gasteiger partial charge in [-0.15, -0.1) is 0 Å². The summed E-state index contributed by atoms with van der Waals surface area (Å²) in [6.07, 6.45) is 0.496. The first-order chi connectivity index (χ1) is 9.39. The van der Waals surface area contributed by atoms with Crippen molar-refractivity contribution in [1.82, 2.24) is 5.32 Å². The lowest BCUT2D eigenvalue weighted by atomic mass is 9.90. The molecule has 108 valence electrons. The summed E-state index contributed by atoms with van der Waals surface area (Å²) < 4.78 is 5.52. The predicted octanol–water partition coefficient (Wildman–Crippen LogP) is 1.92. The summed E-state index contributed by atoms with van der Waals surface area (Å²) in [5, 5.41) is 11.7. The van der Waals surface area contributed by atoms with Crippen LogP contribution in [0.25, 0.3) is 0 Å². The molecular formula is C15H19NO4. The number of carboxylic acids is 1. The summed E-state index contributed by atoms with van der Waals surface area (Å²) >= 11 is 0. The van der Waals surface area contributed by atoms with Gasteiger partial charge in [0, 0.05) is 11.1 Å². The van der Waals surface area contributed by atoms with E-state index in [-0.39, 0.29) is 18.2 Å². The molecule has 5 heteroatoms. The number of fused-ring (bicyclic) bond motifs is 1. The molecule has 0 aromatic heterocycles. The minimum Gasteiger partial charge on any atom is -0.493 e. The second-order valence-corrected chi connectivity index (χ2v) is 5.67. The minimum atomic E-state index is -0.928. The highest BCUT2D eigenvalue weighted by atomic mass is 16.5. The number of rotatable bonds is 4. The van der Waals surface area contributed by atoms with Gasteiger partial charge >= 0.3 is 5.97 Å². The third-order valence-corrected chi connectivity index (χ3v) is 3.33. The van der Waals surface area contributed by atoms with Crippen LogP contribution in [0, 0.1) is 0 Å². The molecule has 1 unspecified atom stereocenters. The number of amides is 1. The second-order valence-electron chi connectivity index (χ2n) is 5.67. The van der Waals surface area contributed by atoms with Gasteiger partial charge in [0.1, 0.15) is 5.75 Å². The maximum atomic E-state index is 12.4. The summed E-state index contributed by atoms with van der Waals surface area (Å²) in [6.45, 7) is 3.92. The van der Waals surface area contributed by atoms with Crippen LogP contribution in [0.15, 0.2) is 24.3 Å². The number of aliphatic carboxylic acids is 1. The fourth-order valence-corrected chi connectivity index (χ4v) is 2.46. The zero-order chi connectivity index (χ0) is 14.8. The van der Waals surface area contributed by atoms with Crippen molar-refractivity contribution < 1.29 is 19.4 Å². The van der Waals surface area contributed by atoms with E-state index >= 15 is 0 Å². The van der Waals surface area contributed by atoms with Crippen molar-refractivity contribution in [2.45, 2.75) is 38.1 Å². The van der Waals surface area contributed by atoms with Gasteiger partial charge in [-0.2, -0.15) is 0 Å². The lowest BCUT2D eigenvalue weighted by Crippen LogP contribution is -2.47. The van der Waals surface area contributed by atoms with Crippen molar-refractivity contribution in [3.63, 3.8) is 0 Å². The van der Waals surface area contributed by atoms with Gasteiger partial charge in [-0.05, 0) is 26.3 Å². The molecule has 0 bridgehead atoms. The Labute approximate surface area is 117 Å². The molecule has 0 saturated heterocycles. The Morgan fingerprint density at radius 3 is 2.80 bits per heavy atom. The van der Waals surface area contributed by atoms with E-state index in [1.807, 2.05) is 24.3 Å². The normalized spacial score (nSPS) is 17.8. The molecule has 0 saturated carbocycles. The first-order valence-electron chi connectivity index (χ1n) is 6.64. The number of hydrogen-bond acceptors (Lipinski definition) is 3. The maximum absolute atomic E-state index is 12.4. The van der Waals surface area contributed by atoms with E-state index in [9.17, 15) is 9.59 Å². The minimum absolute atomic E-state index is 0.108. The van der Waals surface area contributed by atoms with Crippen LogP contribution in [0.3, 0.4) is 0 Å². The summed E-state index contributed by atoms with van der Waals surface area (Å²) in [7, 11) is 0. The molecule has 20 heavy (non-hydrogen) atoms. The molecule has 2 rings (SSSR count). The molecule has 0 fully saturated rings. The van der Waals surface area contributed by atoms with Crippen molar-refractivity contribution in [2.75, 3.05) is 6.61 Å². The topological polar surface area (TPSA) is 75.6 Å². The molecule has 5 nitrogen and oxygen atoms in total. The van der Waals surface area contributed by atoms with Gasteiger partial charge in [0.05, 0.1) is 18.9 Å². The molecule has 0 aliphatic carbocycles. The van der Waals surface area contributed by atoms with Crippen molar-refractivity contribution in [3.05, 3.63) is 29.8 Å². The van der Waals surface area contributed by atoms with Crippen LogP contribution in [0.1, 0.15) is 38.2 Å². The molecule has 1 aromatic carbocycles. The molecule has 1 amide bonds. The number of hydrogen-bond donors (Lipinski definition) is 2. The van der Waals surface area contributed by atoms with Crippen molar-refractivity contribution in [1.29, 1.82) is 0 Å². The standard InChI is InChI=1S/C15H19NO4/c1-15(2,9-13(17)18)16-14(19)11-7-8-20-12-6-4-3-5-10(11)12/h3-6,11H,7-9H2,1-2H3,(H,16,19)(H,17,18). The largest absolute Gasteiger partial charge is 0.493 e. The summed E-state index contributed by atoms with van der Waals surface area (Å²) in [4.78, 5) is 23.2. The van der Waals surface area contributed by atoms with E-state index < -0.39 is 11.5 Å². The Bertz CT molecular complexity index is 524. The Kier molecular flexibility index (Phi) is 3.97. The molecule has 0 radical (unpaired) electrons. The van der Waals surface area contributed by atoms with Crippen LogP contribution in [0.5, 0.6) is 5.75 Å². The highest BCUT2D eigenvalue weighted by molar-refractivity contribution is 5.85. The zero-order valence-corrected chi connectivity index (χ0v) is 11.7. The summed E-state index contributed by atoms with van der Waals surface area (Å²) in [5.41, 5.74) is 0.0956. The van der Waals surface area contributed by atoms with Crippen LogP contribution in [0.2, 0.25) is 0 Å². The fourth-order valence-electron chi connectivity index (χ4n) is 2.46. The van der Waals surface area contributed by atoms with E-state index in [1.165, 1.54) is 0 Å². The smallest absolute Gasteiger partial charge is 0.305 e. The Morgan fingerprint density at radius 2 is 2.10 bits per heavy atom. The number of nitrogens with one attached hydrogen (secondary N) is 1. The second kappa shape index (κ2) is 5.53. The van der Waals surface area contributed by atoms with Gasteiger partial charge in [0.15, 0.2) is 0 Å². The van der Waals surface area contributed by atoms with Gasteiger partial charge in [0.2, 0.25) is 5.91 Å². The molecule has 1 atom stereocenters. The third kappa shape index (κ3) is 3.29. The maximum Gasteiger partial charge on any atom is 0.305 e. The average molecular weight is 277 g/mol. The average Bonchev–Trinajstić information content (AvgIpc) is 2.35. The molecular weight excluding hydrogens is 258 g/mol. The lowest BCUT2D eigenvalue weighted by molar-refractivity contribution is -0.138. The highest BCUT2D eigenvalue weighted by Crippen LogP contribution is 2.33. The van der Waals surface area contributed by atoms with E-state index in [0.717, 1.165) is 11.3 Å². The molecule has 1 aromatic rings. The third-order valence-electron chi connectivity index (χ3n) is 3.33. The van der Waals surface area contributed by atoms with Crippen LogP contribution in [0.4, 0.5) is 0 Å². The van der Waals surface area contributed by atoms with E-state index in [2.05, 4.69) is 5.32 Å². The van der Waals surface area contributed by atoms with Gasteiger partial charge in [-0.3, -0.25) is 9.59 Å². The number of para-hydroxylation sites is 1. The van der Waals surface area contributed by atoms with E-state index in [1.54, 1.807) is 13.8 Å². The number of ether oxygens (including phenoxy) is 1. The van der Waals surface area contributed by atoms with Crippen LogP contribution < -0.4 is 10.1 Å². The van der Waals surface area contributed by atoms with Gasteiger partial charge in [-0.1, -0.05) is 18.2 Å². The quantitative estimate of drug-likeness (QED) is 0.881. The summed E-state index contributed by atoms with van der Waals surface area (Å²) in [5.74, 6) is -0.627. The Hall–Kier alpha value is -2.04. The first-order valence-corrected chi connectivity index (χ1v) is 6.64. The number of benzene rings is 1. The van der Waals surface area contributed by atoms with Crippen molar-refractivity contribution in [2.24, 2.45) is 0 Å². The number of carboxylic acid groups (broad SMARTS) is 1. The fraction of sp³-hybridized carbons (Fsp3) is 0.467. The van der Waals surface area contributed by atoms with Crippen LogP contribution in [-0.4, -0.2) is 29.1 Å². The molecule has 1 heterocycles. The first kappa shape index (κ1) is 14.4. The number of carbonyl (C=O) groups is 2. The molecule has 1 aliphatic heterocycles. The van der Waals surface area contributed by atoms with Crippen LogP contribution in [-0.2, 0) is 9.59 Å². The number of carbonyl (C=O) groups excluding carboxylic acids is 1. The van der Waals surface area contributed by atoms with Gasteiger partial charge in [-0.25, -0.2) is 0 Å². The SMILES string of the molecule is CC(C)(CC(=O)O)NC(=O)C1CCOc2ccccc21. The summed E-state index contributed by atoms with van der Waals surface area (Å²) in [6, 6.07) is 7.46. The van der Waals surface area contributed by atoms with Crippen LogP contribution >= 0.6 is 0 Å². The molecule has 0 spiro atoms. The molecule has 1 aliphatic rings. The van der Waals surface area contributed by atoms with Gasteiger partial charge in [0.25, 0.3) is 0 Å². The molecule has 2 N–H and O–H groups in total. The van der Waals surface area contributed by atoms with Crippen molar-refractivity contribution >= 4 is 11.9 Å². The Balaban J connectivity index is 2.13. The van der Waals surface area contributed by atoms with Gasteiger partial charge < -0.3 is 15.2 Å². The van der Waals surface area contributed by atoms with E-state index in [0.29, 0.717) is 13.0 Å². The van der Waals surface area contributed by atoms with Crippen molar-refractivity contribution in [3.8, 4) is 5.75 Å². The predicted molar refractivity (Wildman–Crippen MR) is 73.8 cm³/mol. The highest BCUT2D eigenvalue weighted by Gasteiger charge is 2.31. The lowest BCUT2D eigenvalue weighted by Gasteiger charge is -2.30. The monoisotopic (exact) mass is 277 g/mol. The van der Waals surface area contributed by atoms with E-state index in [4.69, 9.17) is 9.84 Å².